The van der Waals surface area contributed by atoms with E-state index in [1.807, 2.05) is 18.2 Å². The number of hydrogen-bond donors (Lipinski definition) is 4. The minimum Gasteiger partial charge on any atom is -0.473 e. The number of amides is 1. The van der Waals surface area contributed by atoms with E-state index < -0.39 is 22.0 Å². The summed E-state index contributed by atoms with van der Waals surface area (Å²) in [6.45, 7) is 4.20. The Kier molecular flexibility index (Phi) is 11.4. The first-order valence-corrected chi connectivity index (χ1v) is 13.1. The predicted octanol–water partition coefficient (Wildman–Crippen LogP) is 1.49. The first-order valence-electron chi connectivity index (χ1n) is 11.6. The first-order chi connectivity index (χ1) is 17.5. The Morgan fingerprint density at radius 2 is 1.49 bits per heavy atom. The molecule has 200 valence electrons. The first kappa shape index (κ1) is 29.6. The van der Waals surface area contributed by atoms with Crippen LogP contribution in [0.3, 0.4) is 0 Å². The number of hydrogen-bond acceptors (Lipinski definition) is 7. The van der Waals surface area contributed by atoms with Gasteiger partial charge in [-0.1, -0.05) is 42.5 Å². The van der Waals surface area contributed by atoms with Crippen LogP contribution in [-0.4, -0.2) is 72.8 Å². The quantitative estimate of drug-likeness (QED) is 0.275. The summed E-state index contributed by atoms with van der Waals surface area (Å²) >= 11 is 0. The van der Waals surface area contributed by atoms with Gasteiger partial charge in [-0.05, 0) is 37.5 Å². The maximum absolute atomic E-state index is 12.3. The monoisotopic (exact) mass is 533 g/mol. The lowest BCUT2D eigenvalue weighted by atomic mass is 10.0. The Hall–Kier alpha value is -3.61. The van der Waals surface area contributed by atoms with Crippen molar-refractivity contribution >= 4 is 33.7 Å². The molecule has 3 rings (SSSR count). The highest BCUT2D eigenvalue weighted by atomic mass is 32.2. The minimum absolute atomic E-state index is 0.0233. The van der Waals surface area contributed by atoms with Crippen molar-refractivity contribution in [1.29, 1.82) is 0 Å². The maximum atomic E-state index is 12.3. The zero-order valence-electron chi connectivity index (χ0n) is 20.4. The standard InChI is InChI=1S/C23H29N3O4S.C2H2O4/c1-18(27)20-7-9-22(10-8-20)31(29,30)24-14-11-23(28)25-21-12-15-26(16-13-21)17-19-5-3-2-4-6-19;3-1(4)2(5)6/h2-10,21,24H,11-17H2,1H3,(H,25,28);(H,3,4)(H,5,6). The second kappa shape index (κ2) is 14.2. The number of carbonyl (C=O) groups is 4. The summed E-state index contributed by atoms with van der Waals surface area (Å²) in [6, 6.07) is 16.2. The van der Waals surface area contributed by atoms with Crippen molar-refractivity contribution in [1.82, 2.24) is 14.9 Å². The molecular weight excluding hydrogens is 502 g/mol. The van der Waals surface area contributed by atoms with E-state index in [9.17, 15) is 18.0 Å². The number of carboxylic acid groups (broad SMARTS) is 2. The molecule has 1 saturated heterocycles. The molecule has 0 aliphatic carbocycles. The van der Waals surface area contributed by atoms with E-state index in [1.165, 1.54) is 36.8 Å². The summed E-state index contributed by atoms with van der Waals surface area (Å²) in [6.07, 6.45) is 1.84. The molecule has 1 aliphatic rings. The fourth-order valence-corrected chi connectivity index (χ4v) is 4.66. The minimum atomic E-state index is -3.72. The van der Waals surface area contributed by atoms with E-state index in [4.69, 9.17) is 19.8 Å². The molecule has 0 bridgehead atoms. The smallest absolute Gasteiger partial charge is 0.414 e. The van der Waals surface area contributed by atoms with Crippen LogP contribution in [0, 0.1) is 0 Å². The number of piperidine rings is 1. The van der Waals surface area contributed by atoms with E-state index in [0.29, 0.717) is 5.56 Å². The van der Waals surface area contributed by atoms with Crippen LogP contribution in [-0.2, 0) is 31.0 Å². The van der Waals surface area contributed by atoms with E-state index in [-0.39, 0.29) is 35.6 Å². The van der Waals surface area contributed by atoms with E-state index in [0.717, 1.165) is 32.5 Å². The van der Waals surface area contributed by atoms with Crippen LogP contribution in [0.15, 0.2) is 59.5 Å². The van der Waals surface area contributed by atoms with Crippen molar-refractivity contribution in [2.45, 2.75) is 43.7 Å². The van der Waals surface area contributed by atoms with E-state index >= 15 is 0 Å². The van der Waals surface area contributed by atoms with Crippen LogP contribution in [0.25, 0.3) is 0 Å². The van der Waals surface area contributed by atoms with Gasteiger partial charge in [0.15, 0.2) is 5.78 Å². The predicted molar refractivity (Wildman–Crippen MR) is 134 cm³/mol. The summed E-state index contributed by atoms with van der Waals surface area (Å²) in [5.74, 6) is -3.93. The molecule has 0 atom stereocenters. The third-order valence-electron chi connectivity index (χ3n) is 5.60. The van der Waals surface area contributed by atoms with Gasteiger partial charge in [-0.2, -0.15) is 0 Å². The molecule has 0 spiro atoms. The molecule has 2 aromatic carbocycles. The van der Waals surface area contributed by atoms with Crippen LogP contribution in [0.5, 0.6) is 0 Å². The van der Waals surface area contributed by atoms with E-state index in [1.54, 1.807) is 0 Å². The second-order valence-electron chi connectivity index (χ2n) is 8.44. The van der Waals surface area contributed by atoms with Crippen LogP contribution in [0.1, 0.15) is 42.1 Å². The number of sulfonamides is 1. The number of benzene rings is 2. The molecule has 0 unspecified atom stereocenters. The normalized spacial score (nSPS) is 14.2. The van der Waals surface area contributed by atoms with Gasteiger partial charge in [-0.3, -0.25) is 14.5 Å². The van der Waals surface area contributed by atoms with Crippen molar-refractivity contribution < 1.29 is 37.8 Å². The van der Waals surface area contributed by atoms with Gasteiger partial charge < -0.3 is 15.5 Å². The number of carbonyl (C=O) groups excluding carboxylic acids is 2. The number of likely N-dealkylation sites (tertiary alicyclic amines) is 1. The SMILES string of the molecule is CC(=O)c1ccc(S(=O)(=O)NCCC(=O)NC2CCN(Cc3ccccc3)CC2)cc1.O=C(O)C(=O)O. The molecule has 2 aromatic rings. The molecule has 0 aromatic heterocycles. The Balaban J connectivity index is 0.000000717. The lowest BCUT2D eigenvalue weighted by Gasteiger charge is -2.32. The number of Topliss-reactive ketones (excluding diaryl/α,β-unsaturated/α-hetero) is 1. The van der Waals surface area contributed by atoms with Gasteiger partial charge in [0.25, 0.3) is 0 Å². The fraction of sp³-hybridized carbons (Fsp3) is 0.360. The third-order valence-corrected chi connectivity index (χ3v) is 7.08. The Morgan fingerprint density at radius 1 is 0.919 bits per heavy atom. The summed E-state index contributed by atoms with van der Waals surface area (Å²) in [4.78, 5) is 44.2. The highest BCUT2D eigenvalue weighted by Crippen LogP contribution is 2.14. The second-order valence-corrected chi connectivity index (χ2v) is 10.2. The third kappa shape index (κ3) is 10.5. The van der Waals surface area contributed by atoms with Crippen LogP contribution in [0.4, 0.5) is 0 Å². The van der Waals surface area contributed by atoms with Gasteiger partial charge in [-0.25, -0.2) is 22.7 Å². The molecule has 1 fully saturated rings. The Morgan fingerprint density at radius 3 is 2.00 bits per heavy atom. The van der Waals surface area contributed by atoms with Crippen LogP contribution < -0.4 is 10.0 Å². The molecule has 0 saturated carbocycles. The lowest BCUT2D eigenvalue weighted by Crippen LogP contribution is -2.45. The average molecular weight is 534 g/mol. The van der Waals surface area contributed by atoms with Crippen molar-refractivity contribution in [3.63, 3.8) is 0 Å². The number of ketones is 1. The van der Waals surface area contributed by atoms with E-state index in [2.05, 4.69) is 27.1 Å². The molecule has 11 nitrogen and oxygen atoms in total. The highest BCUT2D eigenvalue weighted by molar-refractivity contribution is 7.89. The fourth-order valence-electron chi connectivity index (χ4n) is 3.63. The van der Waals surface area contributed by atoms with Gasteiger partial charge in [0.1, 0.15) is 0 Å². The van der Waals surface area contributed by atoms with Crippen molar-refractivity contribution in [3.8, 4) is 0 Å². The molecule has 12 heteroatoms. The summed E-state index contributed by atoms with van der Waals surface area (Å²) < 4.78 is 27.1. The van der Waals surface area contributed by atoms with Gasteiger partial charge in [0, 0.05) is 44.2 Å². The van der Waals surface area contributed by atoms with Gasteiger partial charge in [0.05, 0.1) is 4.90 Å². The summed E-state index contributed by atoms with van der Waals surface area (Å²) in [5.41, 5.74) is 1.74. The number of carboxylic acids is 2. The van der Waals surface area contributed by atoms with Crippen molar-refractivity contribution in [3.05, 3.63) is 65.7 Å². The largest absolute Gasteiger partial charge is 0.473 e. The number of nitrogens with one attached hydrogen (secondary N) is 2. The molecule has 37 heavy (non-hydrogen) atoms. The molecule has 4 N–H and O–H groups in total. The molecule has 0 radical (unpaired) electrons. The Labute approximate surface area is 215 Å². The zero-order chi connectivity index (χ0) is 27.4. The van der Waals surface area contributed by atoms with Gasteiger partial charge in [0.2, 0.25) is 15.9 Å². The van der Waals surface area contributed by atoms with Crippen LogP contribution >= 0.6 is 0 Å². The molecule has 1 amide bonds. The average Bonchev–Trinajstić information content (AvgIpc) is 2.86. The van der Waals surface area contributed by atoms with Gasteiger partial charge in [-0.15, -0.1) is 0 Å². The molecule has 1 heterocycles. The number of nitrogens with zero attached hydrogens (tertiary/aromatic N) is 1. The van der Waals surface area contributed by atoms with Gasteiger partial charge >= 0.3 is 11.9 Å². The zero-order valence-corrected chi connectivity index (χ0v) is 21.2. The topological polar surface area (TPSA) is 170 Å². The van der Waals surface area contributed by atoms with Crippen LogP contribution in [0.2, 0.25) is 0 Å². The summed E-state index contributed by atoms with van der Waals surface area (Å²) in [7, 11) is -3.72. The van der Waals surface area contributed by atoms with Crippen molar-refractivity contribution in [2.24, 2.45) is 0 Å². The number of rotatable bonds is 9. The lowest BCUT2D eigenvalue weighted by molar-refractivity contribution is -0.159. The number of aliphatic carboxylic acids is 2. The summed E-state index contributed by atoms with van der Waals surface area (Å²) in [5, 5.41) is 17.8. The molecular formula is C25H31N3O8S. The maximum Gasteiger partial charge on any atom is 0.414 e. The van der Waals surface area contributed by atoms with Crippen molar-refractivity contribution in [2.75, 3.05) is 19.6 Å². The highest BCUT2D eigenvalue weighted by Gasteiger charge is 2.21. The Bertz CT molecular complexity index is 1160. The molecule has 1 aliphatic heterocycles.